The topological polar surface area (TPSA) is 55.1 Å². The van der Waals surface area contributed by atoms with Gasteiger partial charge in [-0.3, -0.25) is 0 Å². The summed E-state index contributed by atoms with van der Waals surface area (Å²) in [5, 5.41) is 7.88. The van der Waals surface area contributed by atoms with Gasteiger partial charge in [0.2, 0.25) is 0 Å². The molecule has 0 aliphatic rings. The first kappa shape index (κ1) is 15.0. The smallest absolute Gasteiger partial charge is 0.254 e. The van der Waals surface area contributed by atoms with Crippen molar-refractivity contribution >= 4 is 22.9 Å². The van der Waals surface area contributed by atoms with Gasteiger partial charge in [0.15, 0.2) is 0 Å². The second-order valence-electron chi connectivity index (χ2n) is 5.62. The van der Waals surface area contributed by atoms with Crippen LogP contribution in [0.3, 0.4) is 0 Å². The highest BCUT2D eigenvalue weighted by atomic mass is 32.1. The maximum absolute atomic E-state index is 4.46. The Labute approximate surface area is 134 Å². The number of hydrogen-bond donors (Lipinski definition) is 1. The molecule has 1 atom stereocenters. The Morgan fingerprint density at radius 3 is 2.77 bits per heavy atom. The van der Waals surface area contributed by atoms with Crippen molar-refractivity contribution in [2.75, 3.05) is 5.32 Å². The van der Waals surface area contributed by atoms with E-state index in [2.05, 4.69) is 54.1 Å². The second kappa shape index (κ2) is 5.68. The summed E-state index contributed by atoms with van der Waals surface area (Å²) >= 11 is 1.88. The molecule has 5 nitrogen and oxygen atoms in total. The van der Waals surface area contributed by atoms with Crippen LogP contribution in [0, 0.1) is 20.8 Å². The van der Waals surface area contributed by atoms with Crippen molar-refractivity contribution in [1.29, 1.82) is 0 Å². The first-order valence-corrected chi connectivity index (χ1v) is 8.35. The summed E-state index contributed by atoms with van der Waals surface area (Å²) in [7, 11) is 0. The summed E-state index contributed by atoms with van der Waals surface area (Å²) in [6.07, 6.45) is 2.63. The van der Waals surface area contributed by atoms with Crippen LogP contribution in [0.25, 0.3) is 5.78 Å². The number of rotatable bonds is 4. The Balaban J connectivity index is 1.98. The Bertz CT molecular complexity index is 817. The minimum atomic E-state index is 0.219. The SMILES string of the molecule is CCc1sc(C(C)Nc2c(C)c(C)nc3ncnn23)cc1C. The molecular weight excluding hydrogens is 294 g/mol. The Hall–Kier alpha value is -1.95. The number of nitrogens with zero attached hydrogens (tertiary/aromatic N) is 4. The molecule has 0 amide bonds. The maximum atomic E-state index is 4.46. The molecule has 1 N–H and O–H groups in total. The van der Waals surface area contributed by atoms with Crippen LogP contribution >= 0.6 is 11.3 Å². The Kier molecular flexibility index (Phi) is 3.87. The third-order valence-electron chi connectivity index (χ3n) is 4.05. The van der Waals surface area contributed by atoms with Crippen molar-refractivity contribution in [2.45, 2.75) is 47.1 Å². The fourth-order valence-corrected chi connectivity index (χ4v) is 3.71. The van der Waals surface area contributed by atoms with E-state index in [0.29, 0.717) is 5.78 Å². The van der Waals surface area contributed by atoms with Gasteiger partial charge in [0.1, 0.15) is 12.1 Å². The lowest BCUT2D eigenvalue weighted by Crippen LogP contribution is -2.12. The average Bonchev–Trinajstić information content (AvgIpc) is 3.09. The molecule has 6 heteroatoms. The molecule has 0 saturated heterocycles. The van der Waals surface area contributed by atoms with Crippen molar-refractivity contribution in [2.24, 2.45) is 0 Å². The summed E-state index contributed by atoms with van der Waals surface area (Å²) < 4.78 is 1.78. The van der Waals surface area contributed by atoms with E-state index in [9.17, 15) is 0 Å². The molecule has 0 radical (unpaired) electrons. The first-order chi connectivity index (χ1) is 10.5. The monoisotopic (exact) mass is 315 g/mol. The molecule has 22 heavy (non-hydrogen) atoms. The van der Waals surface area contributed by atoms with E-state index in [1.165, 1.54) is 15.3 Å². The first-order valence-electron chi connectivity index (χ1n) is 7.54. The lowest BCUT2D eigenvalue weighted by Gasteiger charge is -2.17. The molecule has 0 bridgehead atoms. The lowest BCUT2D eigenvalue weighted by atomic mass is 10.2. The van der Waals surface area contributed by atoms with Gasteiger partial charge in [-0.2, -0.15) is 14.6 Å². The van der Waals surface area contributed by atoms with Gasteiger partial charge in [-0.15, -0.1) is 11.3 Å². The summed E-state index contributed by atoms with van der Waals surface area (Å²) in [6.45, 7) is 10.6. The minimum Gasteiger partial charge on any atom is -0.362 e. The van der Waals surface area contributed by atoms with E-state index in [4.69, 9.17) is 0 Å². The number of aryl methyl sites for hydroxylation is 3. The Morgan fingerprint density at radius 2 is 2.09 bits per heavy atom. The molecule has 0 aliphatic heterocycles. The molecule has 116 valence electrons. The normalized spacial score (nSPS) is 12.8. The molecule has 0 saturated carbocycles. The van der Waals surface area contributed by atoms with E-state index in [1.807, 2.05) is 18.3 Å². The highest BCUT2D eigenvalue weighted by Crippen LogP contribution is 2.30. The van der Waals surface area contributed by atoms with Crippen molar-refractivity contribution < 1.29 is 0 Å². The molecule has 0 fully saturated rings. The summed E-state index contributed by atoms with van der Waals surface area (Å²) in [6, 6.07) is 2.50. The highest BCUT2D eigenvalue weighted by Gasteiger charge is 2.16. The standard InChI is InChI=1S/C16H21N5S/c1-6-13-9(2)7-14(22-13)12(5)19-15-10(3)11(4)20-16-17-8-18-21(15)16/h7-8,12,19H,6H2,1-5H3. The molecule has 3 rings (SSSR count). The van der Waals surface area contributed by atoms with E-state index in [0.717, 1.165) is 23.5 Å². The molecule has 3 heterocycles. The number of thiophene rings is 1. The van der Waals surface area contributed by atoms with Crippen molar-refractivity contribution in [1.82, 2.24) is 19.6 Å². The maximum Gasteiger partial charge on any atom is 0.254 e. The van der Waals surface area contributed by atoms with Crippen LogP contribution in [-0.4, -0.2) is 19.6 Å². The van der Waals surface area contributed by atoms with E-state index < -0.39 is 0 Å². The van der Waals surface area contributed by atoms with Crippen molar-refractivity contribution in [3.8, 4) is 0 Å². The fraction of sp³-hybridized carbons (Fsp3) is 0.438. The molecular formula is C16H21N5S. The number of hydrogen-bond acceptors (Lipinski definition) is 5. The number of fused-ring (bicyclic) bond motifs is 1. The molecule has 3 aromatic rings. The largest absolute Gasteiger partial charge is 0.362 e. The predicted molar refractivity (Wildman–Crippen MR) is 90.7 cm³/mol. The van der Waals surface area contributed by atoms with Crippen LogP contribution in [0.2, 0.25) is 0 Å². The second-order valence-corrected chi connectivity index (χ2v) is 6.79. The van der Waals surface area contributed by atoms with Crippen LogP contribution in [0.5, 0.6) is 0 Å². The van der Waals surface area contributed by atoms with Crippen LogP contribution in [0.15, 0.2) is 12.4 Å². The highest BCUT2D eigenvalue weighted by molar-refractivity contribution is 7.12. The van der Waals surface area contributed by atoms with Crippen LogP contribution in [0.1, 0.15) is 46.5 Å². The van der Waals surface area contributed by atoms with Gasteiger partial charge in [-0.1, -0.05) is 6.92 Å². The summed E-state index contributed by atoms with van der Waals surface area (Å²) in [5.74, 6) is 1.60. The quantitative estimate of drug-likeness (QED) is 0.794. The molecule has 0 aliphatic carbocycles. The fourth-order valence-electron chi connectivity index (χ4n) is 2.59. The van der Waals surface area contributed by atoms with Crippen LogP contribution in [0.4, 0.5) is 5.82 Å². The zero-order valence-electron chi connectivity index (χ0n) is 13.6. The van der Waals surface area contributed by atoms with Crippen LogP contribution in [-0.2, 0) is 6.42 Å². The lowest BCUT2D eigenvalue weighted by molar-refractivity contribution is 0.842. The zero-order chi connectivity index (χ0) is 15.9. The Morgan fingerprint density at radius 1 is 1.32 bits per heavy atom. The zero-order valence-corrected chi connectivity index (χ0v) is 14.5. The van der Waals surface area contributed by atoms with Gasteiger partial charge in [0.25, 0.3) is 5.78 Å². The minimum absolute atomic E-state index is 0.219. The molecule has 0 aromatic carbocycles. The number of anilines is 1. The molecule has 3 aromatic heterocycles. The molecule has 1 unspecified atom stereocenters. The van der Waals surface area contributed by atoms with Crippen LogP contribution < -0.4 is 5.32 Å². The van der Waals surface area contributed by atoms with E-state index in [1.54, 1.807) is 10.8 Å². The van der Waals surface area contributed by atoms with Crippen molar-refractivity contribution in [3.05, 3.63) is 39.0 Å². The third-order valence-corrected chi connectivity index (χ3v) is 5.61. The third kappa shape index (κ3) is 2.47. The van der Waals surface area contributed by atoms with Gasteiger partial charge in [0, 0.05) is 21.0 Å². The van der Waals surface area contributed by atoms with Gasteiger partial charge < -0.3 is 5.32 Å². The summed E-state index contributed by atoms with van der Waals surface area (Å²) in [5.41, 5.74) is 3.46. The summed E-state index contributed by atoms with van der Waals surface area (Å²) in [4.78, 5) is 11.5. The predicted octanol–water partition coefficient (Wildman–Crippen LogP) is 3.85. The van der Waals surface area contributed by atoms with Gasteiger partial charge in [0.05, 0.1) is 6.04 Å². The van der Waals surface area contributed by atoms with E-state index in [-0.39, 0.29) is 6.04 Å². The number of aromatic nitrogens is 4. The average molecular weight is 315 g/mol. The number of nitrogens with one attached hydrogen (secondary N) is 1. The van der Waals surface area contributed by atoms with Gasteiger partial charge in [-0.25, -0.2) is 4.98 Å². The molecule has 0 spiro atoms. The van der Waals surface area contributed by atoms with Gasteiger partial charge >= 0.3 is 0 Å². The van der Waals surface area contributed by atoms with Gasteiger partial charge in [-0.05, 0) is 45.7 Å². The van der Waals surface area contributed by atoms with Crippen molar-refractivity contribution in [3.63, 3.8) is 0 Å². The van der Waals surface area contributed by atoms with E-state index >= 15 is 0 Å².